The first kappa shape index (κ1) is 17.7. The Morgan fingerprint density at radius 2 is 2.08 bits per heavy atom. The van der Waals surface area contributed by atoms with Gasteiger partial charge in [0.1, 0.15) is 6.61 Å². The topological polar surface area (TPSA) is 93.5 Å². The highest BCUT2D eigenvalue weighted by atomic mass is 16.5. The summed E-state index contributed by atoms with van der Waals surface area (Å²) in [5.41, 5.74) is 3.56. The van der Waals surface area contributed by atoms with E-state index in [-0.39, 0.29) is 25.7 Å². The number of aliphatic carboxylic acids is 1. The van der Waals surface area contributed by atoms with Gasteiger partial charge >= 0.3 is 5.97 Å². The standard InChI is InChI=1S/C17H21N3O4/c1-12-8-13(2)20(19-12)10-14-4-3-5-15(9-14)17(23)18-6-7-24-11-16(21)22/h3-5,8-9H,6-7,10-11H2,1-2H3,(H,18,23)(H,21,22). The van der Waals surface area contributed by atoms with Crippen LogP contribution in [0.2, 0.25) is 0 Å². The molecular weight excluding hydrogens is 310 g/mol. The lowest BCUT2D eigenvalue weighted by Gasteiger charge is -2.08. The SMILES string of the molecule is Cc1cc(C)n(Cc2cccc(C(=O)NCCOCC(=O)O)c2)n1. The predicted octanol–water partition coefficient (Wildman–Crippen LogP) is 1.38. The number of nitrogens with one attached hydrogen (secondary N) is 1. The van der Waals surface area contributed by atoms with Gasteiger partial charge in [-0.1, -0.05) is 12.1 Å². The van der Waals surface area contributed by atoms with E-state index in [1.54, 1.807) is 6.07 Å². The maximum Gasteiger partial charge on any atom is 0.329 e. The van der Waals surface area contributed by atoms with Crippen LogP contribution >= 0.6 is 0 Å². The molecule has 0 saturated carbocycles. The molecule has 7 nitrogen and oxygen atoms in total. The maximum atomic E-state index is 12.1. The monoisotopic (exact) mass is 331 g/mol. The Kier molecular flexibility index (Phi) is 6.08. The Morgan fingerprint density at radius 1 is 1.29 bits per heavy atom. The molecule has 0 aliphatic rings. The van der Waals surface area contributed by atoms with E-state index in [2.05, 4.69) is 10.4 Å². The van der Waals surface area contributed by atoms with Gasteiger partial charge in [0.25, 0.3) is 5.91 Å². The smallest absolute Gasteiger partial charge is 0.329 e. The highest BCUT2D eigenvalue weighted by Gasteiger charge is 2.08. The van der Waals surface area contributed by atoms with Gasteiger partial charge in [-0.2, -0.15) is 5.10 Å². The average molecular weight is 331 g/mol. The molecule has 0 aliphatic carbocycles. The van der Waals surface area contributed by atoms with Crippen molar-refractivity contribution in [3.8, 4) is 0 Å². The fourth-order valence-corrected chi connectivity index (χ4v) is 2.32. The number of carbonyl (C=O) groups is 2. The van der Waals surface area contributed by atoms with Crippen molar-refractivity contribution in [3.05, 3.63) is 52.8 Å². The number of amides is 1. The summed E-state index contributed by atoms with van der Waals surface area (Å²) < 4.78 is 6.77. The fourth-order valence-electron chi connectivity index (χ4n) is 2.32. The number of rotatable bonds is 8. The molecular formula is C17H21N3O4. The zero-order valence-corrected chi connectivity index (χ0v) is 13.8. The number of aromatic nitrogens is 2. The van der Waals surface area contributed by atoms with Crippen LogP contribution in [-0.4, -0.2) is 46.5 Å². The Balaban J connectivity index is 1.90. The third-order valence-corrected chi connectivity index (χ3v) is 3.38. The van der Waals surface area contributed by atoms with Crippen LogP contribution in [-0.2, 0) is 16.1 Å². The maximum absolute atomic E-state index is 12.1. The van der Waals surface area contributed by atoms with E-state index in [1.165, 1.54) is 0 Å². The van der Waals surface area contributed by atoms with E-state index < -0.39 is 5.97 Å². The van der Waals surface area contributed by atoms with Gasteiger partial charge in [0.2, 0.25) is 0 Å². The summed E-state index contributed by atoms with van der Waals surface area (Å²) in [4.78, 5) is 22.4. The summed E-state index contributed by atoms with van der Waals surface area (Å²) in [6, 6.07) is 9.34. The molecule has 1 aromatic heterocycles. The van der Waals surface area contributed by atoms with Crippen LogP contribution in [0.4, 0.5) is 0 Å². The molecule has 2 rings (SSSR count). The van der Waals surface area contributed by atoms with Crippen molar-refractivity contribution in [1.29, 1.82) is 0 Å². The summed E-state index contributed by atoms with van der Waals surface area (Å²) >= 11 is 0. The number of ether oxygens (including phenoxy) is 1. The Hall–Kier alpha value is -2.67. The van der Waals surface area contributed by atoms with Crippen LogP contribution in [0.3, 0.4) is 0 Å². The van der Waals surface area contributed by atoms with Gasteiger partial charge < -0.3 is 15.2 Å². The number of carboxylic acid groups (broad SMARTS) is 1. The summed E-state index contributed by atoms with van der Waals surface area (Å²) in [5, 5.41) is 15.6. The van der Waals surface area contributed by atoms with E-state index in [0.29, 0.717) is 12.1 Å². The van der Waals surface area contributed by atoms with Crippen molar-refractivity contribution in [2.75, 3.05) is 19.8 Å². The quantitative estimate of drug-likeness (QED) is 0.713. The number of carbonyl (C=O) groups excluding carboxylic acids is 1. The molecule has 0 bridgehead atoms. The molecule has 128 valence electrons. The number of hydrogen-bond acceptors (Lipinski definition) is 4. The summed E-state index contributed by atoms with van der Waals surface area (Å²) in [7, 11) is 0. The van der Waals surface area contributed by atoms with Crippen molar-refractivity contribution in [2.45, 2.75) is 20.4 Å². The minimum absolute atomic E-state index is 0.156. The molecule has 1 heterocycles. The lowest BCUT2D eigenvalue weighted by molar-refractivity contribution is -0.142. The molecule has 0 aliphatic heterocycles. The molecule has 0 spiro atoms. The minimum atomic E-state index is -1.03. The molecule has 0 atom stereocenters. The molecule has 2 N–H and O–H groups in total. The number of nitrogens with zero attached hydrogens (tertiary/aromatic N) is 2. The highest BCUT2D eigenvalue weighted by molar-refractivity contribution is 5.94. The van der Waals surface area contributed by atoms with Crippen LogP contribution in [0.1, 0.15) is 27.3 Å². The third kappa shape index (κ3) is 5.20. The largest absolute Gasteiger partial charge is 0.480 e. The lowest BCUT2D eigenvalue weighted by Crippen LogP contribution is -2.28. The molecule has 0 unspecified atom stereocenters. The van der Waals surface area contributed by atoms with Crippen molar-refractivity contribution in [1.82, 2.24) is 15.1 Å². The van der Waals surface area contributed by atoms with Crippen LogP contribution in [0.15, 0.2) is 30.3 Å². The molecule has 0 saturated heterocycles. The molecule has 1 amide bonds. The van der Waals surface area contributed by atoms with Gasteiger partial charge in [-0.3, -0.25) is 9.48 Å². The third-order valence-electron chi connectivity index (χ3n) is 3.38. The van der Waals surface area contributed by atoms with Crippen molar-refractivity contribution < 1.29 is 19.4 Å². The van der Waals surface area contributed by atoms with Gasteiger partial charge in [-0.25, -0.2) is 4.79 Å². The predicted molar refractivity (Wildman–Crippen MR) is 88.0 cm³/mol. The Bertz CT molecular complexity index is 724. The average Bonchev–Trinajstić information content (AvgIpc) is 2.84. The molecule has 2 aromatic rings. The van der Waals surface area contributed by atoms with Gasteiger partial charge in [-0.15, -0.1) is 0 Å². The first-order valence-electron chi connectivity index (χ1n) is 7.63. The summed E-state index contributed by atoms with van der Waals surface area (Å²) in [6.45, 7) is 4.58. The lowest BCUT2D eigenvalue weighted by atomic mass is 10.1. The Labute approximate surface area is 140 Å². The van der Waals surface area contributed by atoms with Gasteiger partial charge in [0, 0.05) is 17.8 Å². The van der Waals surface area contributed by atoms with Crippen LogP contribution in [0.25, 0.3) is 0 Å². The van der Waals surface area contributed by atoms with Gasteiger partial charge in [-0.05, 0) is 37.6 Å². The van der Waals surface area contributed by atoms with E-state index in [9.17, 15) is 9.59 Å². The number of aryl methyl sites for hydroxylation is 2. The summed E-state index contributed by atoms with van der Waals surface area (Å²) in [6.07, 6.45) is 0. The molecule has 1 aromatic carbocycles. The molecule has 0 fully saturated rings. The second-order valence-electron chi connectivity index (χ2n) is 5.49. The normalized spacial score (nSPS) is 10.6. The first-order chi connectivity index (χ1) is 11.5. The van der Waals surface area contributed by atoms with E-state index in [1.807, 2.05) is 42.8 Å². The molecule has 7 heteroatoms. The number of benzene rings is 1. The molecule has 24 heavy (non-hydrogen) atoms. The zero-order chi connectivity index (χ0) is 17.5. The van der Waals surface area contributed by atoms with Crippen molar-refractivity contribution >= 4 is 11.9 Å². The number of carboxylic acids is 1. The van der Waals surface area contributed by atoms with Crippen LogP contribution in [0, 0.1) is 13.8 Å². The second kappa shape index (κ2) is 8.26. The van der Waals surface area contributed by atoms with Crippen LogP contribution in [0.5, 0.6) is 0 Å². The van der Waals surface area contributed by atoms with E-state index >= 15 is 0 Å². The van der Waals surface area contributed by atoms with Crippen LogP contribution < -0.4 is 5.32 Å². The number of hydrogen-bond donors (Lipinski definition) is 2. The van der Waals surface area contributed by atoms with Crippen molar-refractivity contribution in [2.24, 2.45) is 0 Å². The summed E-state index contributed by atoms with van der Waals surface area (Å²) in [5.74, 6) is -1.25. The fraction of sp³-hybridized carbons (Fsp3) is 0.353. The van der Waals surface area contributed by atoms with Gasteiger partial charge in [0.15, 0.2) is 0 Å². The Morgan fingerprint density at radius 3 is 2.75 bits per heavy atom. The highest BCUT2D eigenvalue weighted by Crippen LogP contribution is 2.10. The van der Waals surface area contributed by atoms with E-state index in [4.69, 9.17) is 9.84 Å². The molecule has 0 radical (unpaired) electrons. The minimum Gasteiger partial charge on any atom is -0.480 e. The van der Waals surface area contributed by atoms with Gasteiger partial charge in [0.05, 0.1) is 18.8 Å². The zero-order valence-electron chi connectivity index (χ0n) is 13.8. The second-order valence-corrected chi connectivity index (χ2v) is 5.49. The van der Waals surface area contributed by atoms with E-state index in [0.717, 1.165) is 17.0 Å². The van der Waals surface area contributed by atoms with Crippen molar-refractivity contribution in [3.63, 3.8) is 0 Å². The first-order valence-corrected chi connectivity index (χ1v) is 7.63.